The zero-order valence-electron chi connectivity index (χ0n) is 26.0. The van der Waals surface area contributed by atoms with Gasteiger partial charge in [0.25, 0.3) is 0 Å². The number of carboxylic acid groups (broad SMARTS) is 1. The number of rotatable bonds is 18. The van der Waals surface area contributed by atoms with Crippen LogP contribution < -0.4 is 14.8 Å². The first-order valence-corrected chi connectivity index (χ1v) is 15.4. The largest absolute Gasteiger partial charge is 0.494 e. The molecule has 0 unspecified atom stereocenters. The van der Waals surface area contributed by atoms with Crippen molar-refractivity contribution in [3.63, 3.8) is 0 Å². The van der Waals surface area contributed by atoms with Gasteiger partial charge in [-0.15, -0.1) is 0 Å². The fourth-order valence-corrected chi connectivity index (χ4v) is 4.76. The second-order valence-corrected chi connectivity index (χ2v) is 11.0. The third kappa shape index (κ3) is 10.6. The molecule has 0 saturated carbocycles. The van der Waals surface area contributed by atoms with Crippen molar-refractivity contribution >= 4 is 29.7 Å². The topological polar surface area (TPSA) is 97.8 Å². The molecule has 43 heavy (non-hydrogen) atoms. The lowest BCUT2D eigenvalue weighted by Crippen LogP contribution is -2.34. The first-order valence-electron chi connectivity index (χ1n) is 15.4. The smallest absolute Gasteiger partial charge is 0.310 e. The van der Waals surface area contributed by atoms with E-state index in [-0.39, 0.29) is 12.3 Å². The van der Waals surface area contributed by atoms with Gasteiger partial charge in [-0.25, -0.2) is 4.98 Å². The predicted octanol–water partition coefficient (Wildman–Crippen LogP) is 8.36. The first kappa shape index (κ1) is 33.4. The molecule has 1 amide bonds. The van der Waals surface area contributed by atoms with E-state index < -0.39 is 11.4 Å². The number of pyridine rings is 1. The van der Waals surface area contributed by atoms with E-state index in [0.29, 0.717) is 31.0 Å². The molecule has 3 rings (SSSR count). The number of carbonyl (C=O) groups excluding carboxylic acids is 1. The third-order valence-electron chi connectivity index (χ3n) is 7.82. The van der Waals surface area contributed by atoms with E-state index in [2.05, 4.69) is 29.4 Å². The number of aromatic nitrogens is 1. The molecule has 0 atom stereocenters. The molecule has 0 radical (unpaired) electrons. The lowest BCUT2D eigenvalue weighted by atomic mass is 9.79. The van der Waals surface area contributed by atoms with E-state index in [9.17, 15) is 14.7 Å². The normalized spacial score (nSPS) is 11.4. The van der Waals surface area contributed by atoms with Crippen molar-refractivity contribution in [2.45, 2.75) is 79.1 Å². The van der Waals surface area contributed by atoms with Gasteiger partial charge in [0.2, 0.25) is 11.8 Å². The highest BCUT2D eigenvalue weighted by Crippen LogP contribution is 2.31. The molecule has 0 aliphatic carbocycles. The molecule has 0 saturated heterocycles. The van der Waals surface area contributed by atoms with Gasteiger partial charge in [-0.05, 0) is 92.5 Å². The molecule has 0 fully saturated rings. The summed E-state index contributed by atoms with van der Waals surface area (Å²) in [6.07, 6.45) is 9.75. The molecule has 2 aromatic carbocycles. The van der Waals surface area contributed by atoms with Crippen LogP contribution in [0.15, 0.2) is 60.7 Å². The van der Waals surface area contributed by atoms with Crippen LogP contribution in [0.3, 0.4) is 0 Å². The number of anilines is 1. The third-order valence-corrected chi connectivity index (χ3v) is 7.82. The van der Waals surface area contributed by atoms with Gasteiger partial charge in [0, 0.05) is 18.2 Å². The Morgan fingerprint density at radius 2 is 1.65 bits per heavy atom. The van der Waals surface area contributed by atoms with Crippen molar-refractivity contribution in [1.82, 2.24) is 4.98 Å². The number of ether oxygens (including phenoxy) is 2. The molecule has 7 heteroatoms. The minimum atomic E-state index is -1.05. The Kier molecular flexibility index (Phi) is 13.3. The predicted molar refractivity (Wildman–Crippen MR) is 174 cm³/mol. The Balaban J connectivity index is 1.50. The lowest BCUT2D eigenvalue weighted by molar-refractivity contribution is -0.151. The van der Waals surface area contributed by atoms with Crippen molar-refractivity contribution in [2.24, 2.45) is 5.41 Å². The van der Waals surface area contributed by atoms with Crippen LogP contribution in [0.5, 0.6) is 11.6 Å². The van der Waals surface area contributed by atoms with Crippen LogP contribution in [0.4, 0.5) is 5.69 Å². The minimum Gasteiger partial charge on any atom is -0.494 e. The highest BCUT2D eigenvalue weighted by Gasteiger charge is 2.37. The number of amides is 1. The summed E-state index contributed by atoms with van der Waals surface area (Å²) in [6.45, 7) is 9.13. The summed E-state index contributed by atoms with van der Waals surface area (Å²) in [6, 6.07) is 19.7. The Morgan fingerprint density at radius 3 is 2.35 bits per heavy atom. The number of nitrogens with one attached hydrogen (secondary N) is 1. The van der Waals surface area contributed by atoms with E-state index in [1.165, 1.54) is 5.56 Å². The summed E-state index contributed by atoms with van der Waals surface area (Å²) >= 11 is 0. The van der Waals surface area contributed by atoms with Crippen molar-refractivity contribution in [3.8, 4) is 11.6 Å². The van der Waals surface area contributed by atoms with Crippen LogP contribution >= 0.6 is 0 Å². The summed E-state index contributed by atoms with van der Waals surface area (Å²) < 4.78 is 11.7. The molecule has 230 valence electrons. The fraction of sp³-hybridized carbons (Fsp3) is 0.417. The maximum absolute atomic E-state index is 12.7. The summed E-state index contributed by atoms with van der Waals surface area (Å²) in [4.78, 5) is 29.1. The number of aryl methyl sites for hydroxylation is 2. The Hall–Kier alpha value is -4.13. The van der Waals surface area contributed by atoms with Crippen LogP contribution in [-0.4, -0.2) is 35.2 Å². The van der Waals surface area contributed by atoms with Crippen LogP contribution in [0, 0.1) is 12.3 Å². The Labute approximate surface area is 256 Å². The van der Waals surface area contributed by atoms with Crippen LogP contribution in [0.1, 0.15) is 88.1 Å². The van der Waals surface area contributed by atoms with Crippen molar-refractivity contribution in [3.05, 3.63) is 83.0 Å². The molecule has 0 aliphatic rings. The average molecular weight is 587 g/mol. The number of nitrogens with zero attached hydrogens (tertiary/aromatic N) is 1. The van der Waals surface area contributed by atoms with Crippen molar-refractivity contribution in [1.29, 1.82) is 0 Å². The van der Waals surface area contributed by atoms with Crippen LogP contribution in [-0.2, 0) is 16.0 Å². The Bertz CT molecular complexity index is 1350. The van der Waals surface area contributed by atoms with Gasteiger partial charge in [0.05, 0.1) is 24.3 Å². The SMILES string of the molecule is CCCCOc1ccc(CCCCOc2ccc(C)c(C=Cc3cccc(NC(=O)CC(CC)(CC)C(=O)O)c3)n2)cc1. The van der Waals surface area contributed by atoms with Gasteiger partial charge >= 0.3 is 5.97 Å². The standard InChI is InChI=1S/C36H46N2O5/c1-5-8-23-42-31-19-16-28(17-20-31)12-9-10-24-43-34-22-15-27(4)32(38-34)21-18-29-13-11-14-30(25-29)37-33(39)26-36(6-2,7-3)35(40)41/h11,13-22,25H,5-10,12,23-24,26H2,1-4H3,(H,37,39)(H,40,41). The molecule has 0 aliphatic heterocycles. The maximum Gasteiger partial charge on any atom is 0.310 e. The highest BCUT2D eigenvalue weighted by molar-refractivity contribution is 5.94. The lowest BCUT2D eigenvalue weighted by Gasteiger charge is -2.25. The summed E-state index contributed by atoms with van der Waals surface area (Å²) in [7, 11) is 0. The number of aliphatic carboxylic acids is 1. The highest BCUT2D eigenvalue weighted by atomic mass is 16.5. The molecule has 1 aromatic heterocycles. The van der Waals surface area contributed by atoms with E-state index >= 15 is 0 Å². The maximum atomic E-state index is 12.7. The molecule has 2 N–H and O–H groups in total. The molecule has 3 aromatic rings. The second kappa shape index (κ2) is 17.1. The molecule has 1 heterocycles. The van der Waals surface area contributed by atoms with Gasteiger partial charge in [0.15, 0.2) is 0 Å². The van der Waals surface area contributed by atoms with Crippen LogP contribution in [0.25, 0.3) is 12.2 Å². The van der Waals surface area contributed by atoms with E-state index in [4.69, 9.17) is 9.47 Å². The zero-order valence-corrected chi connectivity index (χ0v) is 26.0. The number of carbonyl (C=O) groups is 2. The summed E-state index contributed by atoms with van der Waals surface area (Å²) in [5.41, 5.74) is 3.60. The molecular formula is C36H46N2O5. The molecule has 7 nitrogen and oxygen atoms in total. The summed E-state index contributed by atoms with van der Waals surface area (Å²) in [5, 5.41) is 12.5. The van der Waals surface area contributed by atoms with E-state index in [0.717, 1.165) is 61.3 Å². The van der Waals surface area contributed by atoms with Gasteiger partial charge in [-0.2, -0.15) is 0 Å². The summed E-state index contributed by atoms with van der Waals surface area (Å²) in [5.74, 6) is 0.278. The van der Waals surface area contributed by atoms with Gasteiger partial charge in [0.1, 0.15) is 5.75 Å². The number of benzene rings is 2. The molecular weight excluding hydrogens is 540 g/mol. The zero-order chi connectivity index (χ0) is 31.1. The number of hydrogen-bond donors (Lipinski definition) is 2. The van der Waals surface area contributed by atoms with Gasteiger partial charge < -0.3 is 19.9 Å². The van der Waals surface area contributed by atoms with Crippen molar-refractivity contribution in [2.75, 3.05) is 18.5 Å². The van der Waals surface area contributed by atoms with E-state index in [1.807, 2.05) is 61.5 Å². The molecule has 0 spiro atoms. The first-order chi connectivity index (χ1) is 20.8. The number of unbranched alkanes of at least 4 members (excludes halogenated alkanes) is 2. The van der Waals surface area contributed by atoms with E-state index in [1.54, 1.807) is 19.9 Å². The average Bonchev–Trinajstić information content (AvgIpc) is 3.00. The Morgan fingerprint density at radius 1 is 0.907 bits per heavy atom. The van der Waals surface area contributed by atoms with Gasteiger partial charge in [-0.3, -0.25) is 9.59 Å². The van der Waals surface area contributed by atoms with Gasteiger partial charge in [-0.1, -0.05) is 63.6 Å². The monoisotopic (exact) mass is 586 g/mol. The quantitative estimate of drug-likeness (QED) is 0.145. The second-order valence-electron chi connectivity index (χ2n) is 11.0. The van der Waals surface area contributed by atoms with Crippen LogP contribution in [0.2, 0.25) is 0 Å². The number of carboxylic acids is 1. The molecule has 0 bridgehead atoms. The van der Waals surface area contributed by atoms with Crippen molar-refractivity contribution < 1.29 is 24.2 Å². The minimum absolute atomic E-state index is 0.0625. The fourth-order valence-electron chi connectivity index (χ4n) is 4.76. The number of hydrogen-bond acceptors (Lipinski definition) is 5.